The number of carboxylic acid groups (broad SMARTS) is 1. The standard InChI is InChI=1S/C13H16F2O2/c1-2-8-13(14,15)11-5-3-4-10(9-11)6-7-12(16)17/h3-5,9H,2,6-8H2,1H3,(H,16,17). The minimum atomic E-state index is -2.83. The Balaban J connectivity index is 2.81. The predicted octanol–water partition coefficient (Wildman–Crippen LogP) is 3.60. The Morgan fingerprint density at radius 1 is 1.41 bits per heavy atom. The van der Waals surface area contributed by atoms with Crippen LogP contribution >= 0.6 is 0 Å². The van der Waals surface area contributed by atoms with Gasteiger partial charge in [-0.3, -0.25) is 4.79 Å². The van der Waals surface area contributed by atoms with Gasteiger partial charge >= 0.3 is 5.97 Å². The third kappa shape index (κ3) is 4.13. The third-order valence-corrected chi connectivity index (χ3v) is 2.54. The van der Waals surface area contributed by atoms with Gasteiger partial charge in [-0.2, -0.15) is 0 Å². The molecule has 0 aromatic heterocycles. The summed E-state index contributed by atoms with van der Waals surface area (Å²) in [5.74, 6) is -3.75. The van der Waals surface area contributed by atoms with Gasteiger partial charge in [0.1, 0.15) is 0 Å². The zero-order valence-corrected chi connectivity index (χ0v) is 9.75. The minimum Gasteiger partial charge on any atom is -0.481 e. The van der Waals surface area contributed by atoms with E-state index in [9.17, 15) is 13.6 Å². The number of alkyl halides is 2. The zero-order chi connectivity index (χ0) is 12.9. The molecule has 0 unspecified atom stereocenters. The average Bonchev–Trinajstić information content (AvgIpc) is 2.27. The quantitative estimate of drug-likeness (QED) is 0.827. The van der Waals surface area contributed by atoms with E-state index in [-0.39, 0.29) is 24.8 Å². The van der Waals surface area contributed by atoms with Crippen molar-refractivity contribution in [2.24, 2.45) is 0 Å². The molecule has 0 amide bonds. The van der Waals surface area contributed by atoms with Gasteiger partial charge in [0.2, 0.25) is 0 Å². The molecular formula is C13H16F2O2. The van der Waals surface area contributed by atoms with Crippen molar-refractivity contribution in [1.82, 2.24) is 0 Å². The van der Waals surface area contributed by atoms with E-state index < -0.39 is 11.9 Å². The molecular weight excluding hydrogens is 226 g/mol. The molecule has 0 bridgehead atoms. The van der Waals surface area contributed by atoms with Crippen LogP contribution in [0.2, 0.25) is 0 Å². The van der Waals surface area contributed by atoms with Crippen molar-refractivity contribution in [3.05, 3.63) is 35.4 Å². The van der Waals surface area contributed by atoms with E-state index in [0.717, 1.165) is 0 Å². The average molecular weight is 242 g/mol. The zero-order valence-electron chi connectivity index (χ0n) is 9.75. The SMILES string of the molecule is CCCC(F)(F)c1cccc(CCC(=O)O)c1. The van der Waals surface area contributed by atoms with Gasteiger partial charge in [-0.15, -0.1) is 0 Å². The van der Waals surface area contributed by atoms with Crippen LogP contribution in [0.1, 0.15) is 37.3 Å². The molecule has 0 aliphatic carbocycles. The van der Waals surface area contributed by atoms with E-state index in [1.54, 1.807) is 19.1 Å². The molecule has 1 aromatic carbocycles. The lowest BCUT2D eigenvalue weighted by atomic mass is 10.00. The van der Waals surface area contributed by atoms with Crippen LogP contribution in [0.15, 0.2) is 24.3 Å². The van der Waals surface area contributed by atoms with Crippen molar-refractivity contribution < 1.29 is 18.7 Å². The van der Waals surface area contributed by atoms with E-state index in [1.165, 1.54) is 12.1 Å². The van der Waals surface area contributed by atoms with Crippen molar-refractivity contribution in [2.75, 3.05) is 0 Å². The normalized spacial score (nSPS) is 11.5. The van der Waals surface area contributed by atoms with Gasteiger partial charge < -0.3 is 5.11 Å². The number of carboxylic acids is 1. The van der Waals surface area contributed by atoms with Gasteiger partial charge in [0.25, 0.3) is 5.92 Å². The molecule has 0 spiro atoms. The van der Waals surface area contributed by atoms with E-state index in [2.05, 4.69) is 0 Å². The second-order valence-electron chi connectivity index (χ2n) is 4.05. The monoisotopic (exact) mass is 242 g/mol. The number of rotatable bonds is 6. The summed E-state index contributed by atoms with van der Waals surface area (Å²) < 4.78 is 27.2. The number of hydrogen-bond acceptors (Lipinski definition) is 1. The van der Waals surface area contributed by atoms with Crippen LogP contribution < -0.4 is 0 Å². The second-order valence-corrected chi connectivity index (χ2v) is 4.05. The number of halogens is 2. The summed E-state index contributed by atoms with van der Waals surface area (Å²) in [4.78, 5) is 10.4. The number of hydrogen-bond donors (Lipinski definition) is 1. The molecule has 0 fully saturated rings. The maximum absolute atomic E-state index is 13.6. The lowest BCUT2D eigenvalue weighted by Gasteiger charge is -2.16. The molecule has 0 heterocycles. The van der Waals surface area contributed by atoms with E-state index in [4.69, 9.17) is 5.11 Å². The first kappa shape index (κ1) is 13.6. The Labute approximate surface area is 99.3 Å². The van der Waals surface area contributed by atoms with Crippen LogP contribution in [0.5, 0.6) is 0 Å². The van der Waals surface area contributed by atoms with Gasteiger partial charge in [0.15, 0.2) is 0 Å². The van der Waals surface area contributed by atoms with Crippen LogP contribution in [-0.2, 0) is 17.1 Å². The first-order valence-electron chi connectivity index (χ1n) is 5.64. The van der Waals surface area contributed by atoms with Gasteiger partial charge in [0.05, 0.1) is 0 Å². The molecule has 0 saturated carbocycles. The summed E-state index contributed by atoms with van der Waals surface area (Å²) in [6.07, 6.45) is 0.468. The lowest BCUT2D eigenvalue weighted by Crippen LogP contribution is -2.13. The van der Waals surface area contributed by atoms with E-state index in [0.29, 0.717) is 12.0 Å². The molecule has 0 saturated heterocycles. The largest absolute Gasteiger partial charge is 0.481 e. The molecule has 2 nitrogen and oxygen atoms in total. The highest BCUT2D eigenvalue weighted by Crippen LogP contribution is 2.33. The molecule has 0 aliphatic heterocycles. The van der Waals surface area contributed by atoms with Crippen molar-refractivity contribution in [1.29, 1.82) is 0 Å². The van der Waals surface area contributed by atoms with Gasteiger partial charge in [-0.05, 0) is 18.1 Å². The fourth-order valence-corrected chi connectivity index (χ4v) is 1.66. The molecule has 0 radical (unpaired) electrons. The maximum atomic E-state index is 13.6. The van der Waals surface area contributed by atoms with Crippen molar-refractivity contribution in [3.63, 3.8) is 0 Å². The molecule has 17 heavy (non-hydrogen) atoms. The highest BCUT2D eigenvalue weighted by Gasteiger charge is 2.30. The number of aryl methyl sites for hydroxylation is 1. The van der Waals surface area contributed by atoms with Crippen LogP contribution in [0.3, 0.4) is 0 Å². The van der Waals surface area contributed by atoms with Gasteiger partial charge in [-0.25, -0.2) is 8.78 Å². The molecule has 1 N–H and O–H groups in total. The third-order valence-electron chi connectivity index (χ3n) is 2.54. The molecule has 0 atom stereocenters. The maximum Gasteiger partial charge on any atom is 0.303 e. The smallest absolute Gasteiger partial charge is 0.303 e. The number of benzene rings is 1. The highest BCUT2D eigenvalue weighted by atomic mass is 19.3. The van der Waals surface area contributed by atoms with Crippen molar-refractivity contribution in [2.45, 2.75) is 38.5 Å². The molecule has 1 rings (SSSR count). The molecule has 1 aromatic rings. The van der Waals surface area contributed by atoms with Crippen LogP contribution in [0, 0.1) is 0 Å². The summed E-state index contributed by atoms with van der Waals surface area (Å²) in [6.45, 7) is 1.71. The van der Waals surface area contributed by atoms with Crippen LogP contribution in [0.4, 0.5) is 8.78 Å². The second kappa shape index (κ2) is 5.75. The fraction of sp³-hybridized carbons (Fsp3) is 0.462. The first-order chi connectivity index (χ1) is 7.95. The molecule has 4 heteroatoms. The highest BCUT2D eigenvalue weighted by molar-refractivity contribution is 5.67. The Kier molecular flexibility index (Phi) is 4.61. The number of carbonyl (C=O) groups is 1. The predicted molar refractivity (Wildman–Crippen MR) is 61.2 cm³/mol. The summed E-state index contributed by atoms with van der Waals surface area (Å²) in [5.41, 5.74) is 0.614. The Morgan fingerprint density at radius 2 is 2.12 bits per heavy atom. The number of aliphatic carboxylic acids is 1. The summed E-state index contributed by atoms with van der Waals surface area (Å²) in [7, 11) is 0. The van der Waals surface area contributed by atoms with E-state index in [1.807, 2.05) is 0 Å². The topological polar surface area (TPSA) is 37.3 Å². The first-order valence-corrected chi connectivity index (χ1v) is 5.64. The van der Waals surface area contributed by atoms with Crippen molar-refractivity contribution in [3.8, 4) is 0 Å². The van der Waals surface area contributed by atoms with Gasteiger partial charge in [0, 0.05) is 18.4 Å². The fourth-order valence-electron chi connectivity index (χ4n) is 1.66. The van der Waals surface area contributed by atoms with E-state index >= 15 is 0 Å². The Hall–Kier alpha value is -1.45. The molecule has 0 aliphatic rings. The Morgan fingerprint density at radius 3 is 2.71 bits per heavy atom. The van der Waals surface area contributed by atoms with Gasteiger partial charge in [-0.1, -0.05) is 31.5 Å². The summed E-state index contributed by atoms with van der Waals surface area (Å²) in [6, 6.07) is 6.02. The van der Waals surface area contributed by atoms with Crippen LogP contribution in [-0.4, -0.2) is 11.1 Å². The summed E-state index contributed by atoms with van der Waals surface area (Å²) >= 11 is 0. The Bertz CT molecular complexity index is 389. The van der Waals surface area contributed by atoms with Crippen molar-refractivity contribution >= 4 is 5.97 Å². The molecule has 94 valence electrons. The minimum absolute atomic E-state index is 0.0257. The summed E-state index contributed by atoms with van der Waals surface area (Å²) in [5, 5.41) is 8.54. The van der Waals surface area contributed by atoms with Crippen LogP contribution in [0.25, 0.3) is 0 Å². The lowest BCUT2D eigenvalue weighted by molar-refractivity contribution is -0.136.